The monoisotopic (exact) mass is 547 g/mol. The summed E-state index contributed by atoms with van der Waals surface area (Å²) in [5.41, 5.74) is 2.14. The van der Waals surface area contributed by atoms with Crippen LogP contribution in [0.25, 0.3) is 5.69 Å². The predicted octanol–water partition coefficient (Wildman–Crippen LogP) is 6.68. The third-order valence-electron chi connectivity index (χ3n) is 6.08. The molecule has 3 amide bonds. The van der Waals surface area contributed by atoms with E-state index in [4.69, 9.17) is 16.7 Å². The van der Waals surface area contributed by atoms with E-state index in [-0.39, 0.29) is 24.2 Å². The van der Waals surface area contributed by atoms with E-state index in [0.717, 1.165) is 11.3 Å². The highest BCUT2D eigenvalue weighted by molar-refractivity contribution is 6.32. The Hall–Kier alpha value is -4.17. The van der Waals surface area contributed by atoms with Crippen LogP contribution in [0, 0.1) is 5.82 Å². The van der Waals surface area contributed by atoms with Crippen LogP contribution in [0.1, 0.15) is 32.0 Å². The molecule has 0 bridgehead atoms. The summed E-state index contributed by atoms with van der Waals surface area (Å²) >= 11 is 6.44. The molecule has 2 N–H and O–H groups in total. The van der Waals surface area contributed by atoms with Crippen LogP contribution >= 0.6 is 11.6 Å². The Morgan fingerprint density at radius 3 is 2.31 bits per heavy atom. The number of anilines is 2. The van der Waals surface area contributed by atoms with Crippen LogP contribution in [0.4, 0.5) is 20.7 Å². The summed E-state index contributed by atoms with van der Waals surface area (Å²) in [5, 5.41) is 10.7. The number of hydrogen-bond acceptors (Lipinski definition) is 3. The summed E-state index contributed by atoms with van der Waals surface area (Å²) in [4.78, 5) is 27.8. The zero-order valence-corrected chi connectivity index (χ0v) is 22.9. The molecule has 0 saturated carbocycles. The average molecular weight is 548 g/mol. The first-order valence-electron chi connectivity index (χ1n) is 12.6. The first-order valence-corrected chi connectivity index (χ1v) is 13.0. The van der Waals surface area contributed by atoms with Gasteiger partial charge in [-0.2, -0.15) is 5.10 Å². The lowest BCUT2D eigenvalue weighted by Crippen LogP contribution is -2.42. The molecular formula is C30H31ClFN5O2. The topological polar surface area (TPSA) is 79.3 Å². The van der Waals surface area contributed by atoms with Gasteiger partial charge in [-0.05, 0) is 36.2 Å². The van der Waals surface area contributed by atoms with E-state index in [1.165, 1.54) is 17.0 Å². The van der Waals surface area contributed by atoms with Gasteiger partial charge in [0.25, 0.3) is 0 Å². The van der Waals surface area contributed by atoms with Gasteiger partial charge in [0.05, 0.1) is 22.1 Å². The van der Waals surface area contributed by atoms with E-state index in [1.807, 2.05) is 69.3 Å². The van der Waals surface area contributed by atoms with E-state index < -0.39 is 17.8 Å². The minimum atomic E-state index is -0.582. The van der Waals surface area contributed by atoms with Gasteiger partial charge in [-0.3, -0.25) is 4.79 Å². The second-order valence-corrected chi connectivity index (χ2v) is 10.6. The number of benzene rings is 3. The maximum Gasteiger partial charge on any atom is 0.322 e. The molecule has 9 heteroatoms. The molecule has 0 aliphatic heterocycles. The van der Waals surface area contributed by atoms with Crippen LogP contribution in [0.2, 0.25) is 5.02 Å². The fraction of sp³-hybridized carbons (Fsp3) is 0.233. The van der Waals surface area contributed by atoms with Gasteiger partial charge < -0.3 is 15.5 Å². The Balaban J connectivity index is 1.57. The standard InChI is InChI=1S/C30H31ClFN5O2/c1-30(2,3)26-19-27(37(35-26)25-16-10-7-13-22(25)31)34-28(38)20-36(18-17-21-11-5-4-6-12-21)29(39)33-24-15-9-8-14-23(24)32/h4-16,19H,17-18,20H2,1-3H3,(H,33,39)(H,34,38). The Morgan fingerprint density at radius 2 is 1.62 bits per heavy atom. The zero-order valence-electron chi connectivity index (χ0n) is 22.1. The van der Waals surface area contributed by atoms with Crippen molar-refractivity contribution >= 4 is 35.0 Å². The molecule has 7 nitrogen and oxygen atoms in total. The molecule has 0 radical (unpaired) electrons. The Morgan fingerprint density at radius 1 is 0.949 bits per heavy atom. The van der Waals surface area contributed by atoms with Crippen molar-refractivity contribution in [1.29, 1.82) is 0 Å². The summed E-state index contributed by atoms with van der Waals surface area (Å²) in [6.45, 7) is 6.06. The second kappa shape index (κ2) is 12.1. The molecule has 4 rings (SSSR count). The predicted molar refractivity (Wildman–Crippen MR) is 153 cm³/mol. The van der Waals surface area contributed by atoms with Crippen molar-refractivity contribution in [3.05, 3.63) is 107 Å². The van der Waals surface area contributed by atoms with Crippen molar-refractivity contribution in [3.63, 3.8) is 0 Å². The molecule has 0 saturated heterocycles. The molecule has 0 aliphatic rings. The molecule has 0 atom stereocenters. The van der Waals surface area contributed by atoms with E-state index in [9.17, 15) is 14.0 Å². The highest BCUT2D eigenvalue weighted by Gasteiger charge is 2.24. The molecule has 3 aromatic carbocycles. The van der Waals surface area contributed by atoms with Crippen molar-refractivity contribution < 1.29 is 14.0 Å². The number of urea groups is 1. The van der Waals surface area contributed by atoms with Crippen LogP contribution in [0.5, 0.6) is 0 Å². The number of aromatic nitrogens is 2. The average Bonchev–Trinajstić information content (AvgIpc) is 3.32. The number of hydrogen-bond donors (Lipinski definition) is 2. The minimum absolute atomic E-state index is 0.0410. The summed E-state index contributed by atoms with van der Waals surface area (Å²) in [6.07, 6.45) is 0.518. The zero-order chi connectivity index (χ0) is 28.0. The Labute approximate surface area is 232 Å². The normalized spacial score (nSPS) is 11.2. The SMILES string of the molecule is CC(C)(C)c1cc(NC(=O)CN(CCc2ccccc2)C(=O)Nc2ccccc2F)n(-c2ccccc2Cl)n1. The summed E-state index contributed by atoms with van der Waals surface area (Å²) in [6, 6.07) is 24.0. The van der Waals surface area contributed by atoms with Crippen molar-refractivity contribution in [2.24, 2.45) is 0 Å². The number of nitrogens with one attached hydrogen (secondary N) is 2. The fourth-order valence-electron chi connectivity index (χ4n) is 3.92. The molecule has 0 fully saturated rings. The maximum atomic E-state index is 14.2. The van der Waals surface area contributed by atoms with Gasteiger partial charge in [0, 0.05) is 18.0 Å². The van der Waals surface area contributed by atoms with Crippen molar-refractivity contribution in [2.45, 2.75) is 32.6 Å². The third-order valence-corrected chi connectivity index (χ3v) is 6.40. The van der Waals surface area contributed by atoms with Crippen LogP contribution in [-0.2, 0) is 16.6 Å². The van der Waals surface area contributed by atoms with Crippen molar-refractivity contribution in [3.8, 4) is 5.69 Å². The van der Waals surface area contributed by atoms with E-state index >= 15 is 0 Å². The van der Waals surface area contributed by atoms with Crippen LogP contribution in [0.15, 0.2) is 84.9 Å². The first kappa shape index (κ1) is 27.9. The van der Waals surface area contributed by atoms with E-state index in [0.29, 0.717) is 22.9 Å². The molecular weight excluding hydrogens is 517 g/mol. The highest BCUT2D eigenvalue weighted by atomic mass is 35.5. The van der Waals surface area contributed by atoms with Gasteiger partial charge in [-0.1, -0.05) is 87.0 Å². The van der Waals surface area contributed by atoms with E-state index in [1.54, 1.807) is 28.9 Å². The Kier molecular flexibility index (Phi) is 8.66. The minimum Gasteiger partial charge on any atom is -0.315 e. The van der Waals surface area contributed by atoms with Crippen LogP contribution in [-0.4, -0.2) is 39.7 Å². The summed E-state index contributed by atoms with van der Waals surface area (Å²) < 4.78 is 15.8. The van der Waals surface area contributed by atoms with Gasteiger partial charge in [0.15, 0.2) is 0 Å². The van der Waals surface area contributed by atoms with Crippen molar-refractivity contribution in [1.82, 2.24) is 14.7 Å². The van der Waals surface area contributed by atoms with Gasteiger partial charge in [-0.15, -0.1) is 0 Å². The summed E-state index contributed by atoms with van der Waals surface area (Å²) in [5.74, 6) is -0.562. The second-order valence-electron chi connectivity index (χ2n) is 10.1. The van der Waals surface area contributed by atoms with Crippen molar-refractivity contribution in [2.75, 3.05) is 23.7 Å². The quantitative estimate of drug-likeness (QED) is 0.258. The number of carbonyl (C=O) groups excluding carboxylic acids is 2. The number of carbonyl (C=O) groups is 2. The lowest BCUT2D eigenvalue weighted by molar-refractivity contribution is -0.116. The fourth-order valence-corrected chi connectivity index (χ4v) is 4.13. The number of nitrogens with zero attached hydrogens (tertiary/aromatic N) is 3. The molecule has 0 aliphatic carbocycles. The lowest BCUT2D eigenvalue weighted by atomic mass is 9.92. The molecule has 0 unspecified atom stereocenters. The van der Waals surface area contributed by atoms with Gasteiger partial charge in [0.2, 0.25) is 5.91 Å². The summed E-state index contributed by atoms with van der Waals surface area (Å²) in [7, 11) is 0. The Bertz CT molecular complexity index is 1450. The number of amides is 3. The molecule has 4 aromatic rings. The molecule has 0 spiro atoms. The van der Waals surface area contributed by atoms with Gasteiger partial charge in [-0.25, -0.2) is 13.9 Å². The smallest absolute Gasteiger partial charge is 0.315 e. The van der Waals surface area contributed by atoms with Crippen LogP contribution in [0.3, 0.4) is 0 Å². The maximum absolute atomic E-state index is 14.2. The lowest BCUT2D eigenvalue weighted by Gasteiger charge is -2.23. The highest BCUT2D eigenvalue weighted by Crippen LogP contribution is 2.29. The molecule has 39 heavy (non-hydrogen) atoms. The molecule has 202 valence electrons. The first-order chi connectivity index (χ1) is 18.6. The third kappa shape index (κ3) is 7.23. The van der Waals surface area contributed by atoms with Crippen LogP contribution < -0.4 is 10.6 Å². The molecule has 1 aromatic heterocycles. The number of halogens is 2. The van der Waals surface area contributed by atoms with Gasteiger partial charge >= 0.3 is 6.03 Å². The van der Waals surface area contributed by atoms with E-state index in [2.05, 4.69) is 10.6 Å². The molecule has 1 heterocycles. The number of rotatable bonds is 8. The largest absolute Gasteiger partial charge is 0.322 e. The number of para-hydroxylation sites is 2. The van der Waals surface area contributed by atoms with Gasteiger partial charge in [0.1, 0.15) is 18.2 Å².